The van der Waals surface area contributed by atoms with Crippen LogP contribution in [-0.2, 0) is 16.4 Å². The van der Waals surface area contributed by atoms with Crippen LogP contribution in [0.25, 0.3) is 0 Å². The maximum Gasteiger partial charge on any atom is 0.241 e. The van der Waals surface area contributed by atoms with Crippen molar-refractivity contribution in [2.45, 2.75) is 51.5 Å². The Bertz CT molecular complexity index is 499. The monoisotopic (exact) mass is 255 g/mol. The number of benzene rings is 1. The first-order chi connectivity index (χ1) is 7.65. The van der Waals surface area contributed by atoms with Crippen LogP contribution in [0.2, 0.25) is 0 Å². The second-order valence-corrected chi connectivity index (χ2v) is 6.97. The van der Waals surface area contributed by atoms with E-state index in [0.717, 1.165) is 11.1 Å². The van der Waals surface area contributed by atoms with Crippen LogP contribution < -0.4 is 4.72 Å². The molecule has 0 saturated carbocycles. The lowest BCUT2D eigenvalue weighted by molar-refractivity contribution is 0.491. The molecule has 0 heterocycles. The van der Waals surface area contributed by atoms with Gasteiger partial charge >= 0.3 is 0 Å². The second kappa shape index (κ2) is 4.78. The Hall–Kier alpha value is -0.870. The van der Waals surface area contributed by atoms with Crippen molar-refractivity contribution >= 4 is 10.0 Å². The normalized spacial score (nSPS) is 12.8. The van der Waals surface area contributed by atoms with Crippen molar-refractivity contribution < 1.29 is 8.42 Å². The van der Waals surface area contributed by atoms with Crippen LogP contribution >= 0.6 is 0 Å². The van der Waals surface area contributed by atoms with Gasteiger partial charge in [0.25, 0.3) is 0 Å². The molecule has 0 amide bonds. The van der Waals surface area contributed by atoms with Crippen LogP contribution in [-0.4, -0.2) is 14.0 Å². The van der Waals surface area contributed by atoms with E-state index in [1.54, 1.807) is 6.07 Å². The first-order valence-electron chi connectivity index (χ1n) is 5.79. The van der Waals surface area contributed by atoms with E-state index < -0.39 is 15.6 Å². The van der Waals surface area contributed by atoms with Gasteiger partial charge in [-0.2, -0.15) is 0 Å². The van der Waals surface area contributed by atoms with Gasteiger partial charge in [0.2, 0.25) is 10.0 Å². The van der Waals surface area contributed by atoms with Gasteiger partial charge in [-0.3, -0.25) is 0 Å². The molecule has 0 saturated heterocycles. The van der Waals surface area contributed by atoms with Crippen LogP contribution in [0.4, 0.5) is 0 Å². The fraction of sp³-hybridized carbons (Fsp3) is 0.538. The average molecular weight is 255 g/mol. The zero-order chi connectivity index (χ0) is 13.3. The SMILES string of the molecule is CCc1cc(C)ccc1S(=O)(=O)NC(C)(C)C. The Morgan fingerprint density at radius 3 is 2.29 bits per heavy atom. The van der Waals surface area contributed by atoms with Gasteiger partial charge in [0.1, 0.15) is 0 Å². The summed E-state index contributed by atoms with van der Waals surface area (Å²) in [6.45, 7) is 9.44. The number of hydrogen-bond acceptors (Lipinski definition) is 2. The molecule has 0 atom stereocenters. The standard InChI is InChI=1S/C13H21NO2S/c1-6-11-9-10(2)7-8-12(11)17(15,16)14-13(3,4)5/h7-9,14H,6H2,1-5H3. The summed E-state index contributed by atoms with van der Waals surface area (Å²) in [5.41, 5.74) is 1.48. The molecule has 1 aromatic carbocycles. The zero-order valence-corrected chi connectivity index (χ0v) is 12.0. The Balaban J connectivity index is 3.24. The minimum Gasteiger partial charge on any atom is -0.207 e. The summed E-state index contributed by atoms with van der Waals surface area (Å²) >= 11 is 0. The summed E-state index contributed by atoms with van der Waals surface area (Å²) in [6.07, 6.45) is 0.710. The van der Waals surface area contributed by atoms with Crippen molar-refractivity contribution in [1.82, 2.24) is 4.72 Å². The molecule has 1 N–H and O–H groups in total. The van der Waals surface area contributed by atoms with Gasteiger partial charge in [-0.05, 0) is 45.7 Å². The Morgan fingerprint density at radius 2 is 1.82 bits per heavy atom. The number of rotatable bonds is 3. The molecule has 3 nitrogen and oxygen atoms in total. The Kier molecular flexibility index (Phi) is 3.99. The average Bonchev–Trinajstić information content (AvgIpc) is 2.13. The van der Waals surface area contributed by atoms with E-state index >= 15 is 0 Å². The van der Waals surface area contributed by atoms with Crippen molar-refractivity contribution in [2.24, 2.45) is 0 Å². The lowest BCUT2D eigenvalue weighted by Gasteiger charge is -2.21. The van der Waals surface area contributed by atoms with E-state index in [0.29, 0.717) is 11.3 Å². The molecule has 0 unspecified atom stereocenters. The van der Waals surface area contributed by atoms with Crippen LogP contribution in [0, 0.1) is 6.92 Å². The van der Waals surface area contributed by atoms with E-state index in [-0.39, 0.29) is 0 Å². The lowest BCUT2D eigenvalue weighted by atomic mass is 10.1. The zero-order valence-electron chi connectivity index (χ0n) is 11.2. The summed E-state index contributed by atoms with van der Waals surface area (Å²) in [5, 5.41) is 0. The van der Waals surface area contributed by atoms with Crippen LogP contribution in [0.3, 0.4) is 0 Å². The molecule has 4 heteroatoms. The molecule has 1 aromatic rings. The summed E-state index contributed by atoms with van der Waals surface area (Å²) in [7, 11) is -3.43. The molecule has 1 rings (SSSR count). The fourth-order valence-electron chi connectivity index (χ4n) is 1.70. The first-order valence-corrected chi connectivity index (χ1v) is 7.27. The van der Waals surface area contributed by atoms with Gasteiger partial charge in [-0.1, -0.05) is 24.6 Å². The molecule has 0 aromatic heterocycles. The highest BCUT2D eigenvalue weighted by molar-refractivity contribution is 7.89. The second-order valence-electron chi connectivity index (χ2n) is 5.32. The molecule has 0 fully saturated rings. The molecule has 0 aliphatic heterocycles. The minimum atomic E-state index is -3.43. The molecule has 0 aliphatic rings. The van der Waals surface area contributed by atoms with Crippen molar-refractivity contribution in [1.29, 1.82) is 0 Å². The number of aryl methyl sites for hydroxylation is 2. The van der Waals surface area contributed by atoms with Crippen molar-refractivity contribution in [2.75, 3.05) is 0 Å². The van der Waals surface area contributed by atoms with Crippen molar-refractivity contribution in [3.8, 4) is 0 Å². The minimum absolute atomic E-state index is 0.389. The summed E-state index contributed by atoms with van der Waals surface area (Å²) in [6, 6.07) is 5.44. The van der Waals surface area contributed by atoms with Crippen molar-refractivity contribution in [3.05, 3.63) is 29.3 Å². The van der Waals surface area contributed by atoms with Gasteiger partial charge in [0.05, 0.1) is 4.90 Å². The summed E-state index contributed by atoms with van der Waals surface area (Å²) in [5.74, 6) is 0. The molecule has 0 aliphatic carbocycles. The summed E-state index contributed by atoms with van der Waals surface area (Å²) in [4.78, 5) is 0.389. The van der Waals surface area contributed by atoms with E-state index in [2.05, 4.69) is 4.72 Å². The van der Waals surface area contributed by atoms with Gasteiger partial charge in [0, 0.05) is 5.54 Å². The van der Waals surface area contributed by atoms with Gasteiger partial charge in [-0.25, -0.2) is 13.1 Å². The molecular formula is C13H21NO2S. The Labute approximate surface area is 104 Å². The molecule has 17 heavy (non-hydrogen) atoms. The summed E-state index contributed by atoms with van der Waals surface area (Å²) < 4.78 is 27.1. The lowest BCUT2D eigenvalue weighted by Crippen LogP contribution is -2.40. The molecule has 0 bridgehead atoms. The third-order valence-electron chi connectivity index (χ3n) is 2.33. The van der Waals surface area contributed by atoms with Gasteiger partial charge in [0.15, 0.2) is 0 Å². The molecule has 0 radical (unpaired) electrons. The van der Waals surface area contributed by atoms with E-state index in [9.17, 15) is 8.42 Å². The van der Waals surface area contributed by atoms with E-state index in [4.69, 9.17) is 0 Å². The third-order valence-corrected chi connectivity index (χ3v) is 4.19. The highest BCUT2D eigenvalue weighted by Gasteiger charge is 2.23. The van der Waals surface area contributed by atoms with E-state index in [1.807, 2.05) is 46.8 Å². The predicted octanol–water partition coefficient (Wildman–Crippen LogP) is 2.63. The molecule has 96 valence electrons. The maximum atomic E-state index is 12.2. The quantitative estimate of drug-likeness (QED) is 0.902. The largest absolute Gasteiger partial charge is 0.241 e. The predicted molar refractivity (Wildman–Crippen MR) is 70.6 cm³/mol. The topological polar surface area (TPSA) is 46.2 Å². The fourth-order valence-corrected chi connectivity index (χ4v) is 3.42. The van der Waals surface area contributed by atoms with Gasteiger partial charge in [-0.15, -0.1) is 0 Å². The van der Waals surface area contributed by atoms with Crippen molar-refractivity contribution in [3.63, 3.8) is 0 Å². The third kappa shape index (κ3) is 3.82. The number of nitrogens with one attached hydrogen (secondary N) is 1. The highest BCUT2D eigenvalue weighted by atomic mass is 32.2. The Morgan fingerprint density at radius 1 is 1.24 bits per heavy atom. The molecular weight excluding hydrogens is 234 g/mol. The van der Waals surface area contributed by atoms with Crippen LogP contribution in [0.15, 0.2) is 23.1 Å². The maximum absolute atomic E-state index is 12.2. The molecule has 0 spiro atoms. The number of hydrogen-bond donors (Lipinski definition) is 1. The van der Waals surface area contributed by atoms with Gasteiger partial charge < -0.3 is 0 Å². The number of sulfonamides is 1. The van der Waals surface area contributed by atoms with E-state index in [1.165, 1.54) is 0 Å². The first kappa shape index (κ1) is 14.2. The highest BCUT2D eigenvalue weighted by Crippen LogP contribution is 2.19. The van der Waals surface area contributed by atoms with Crippen LogP contribution in [0.1, 0.15) is 38.8 Å². The van der Waals surface area contributed by atoms with Crippen LogP contribution in [0.5, 0.6) is 0 Å². The smallest absolute Gasteiger partial charge is 0.207 e.